The lowest BCUT2D eigenvalue weighted by Gasteiger charge is -2.62. The number of methoxy groups -OCH3 is 1. The van der Waals surface area contributed by atoms with Crippen LogP contribution in [-0.4, -0.2) is 52.8 Å². The smallest absolute Gasteiger partial charge is 0.255 e. The number of carbonyl (C=O) groups excluding carboxylic acids is 1. The summed E-state index contributed by atoms with van der Waals surface area (Å²) in [6.07, 6.45) is 1.91. The molecule has 140 valence electrons. The number of amides is 1. The fourth-order valence-corrected chi connectivity index (χ4v) is 5.08. The van der Waals surface area contributed by atoms with Crippen molar-refractivity contribution in [1.82, 2.24) is 9.88 Å². The molecule has 26 heavy (non-hydrogen) atoms. The van der Waals surface area contributed by atoms with E-state index in [0.717, 1.165) is 35.0 Å². The number of likely N-dealkylation sites (tertiary alicyclic amines) is 1. The molecular weight excluding hydrogens is 328 g/mol. The van der Waals surface area contributed by atoms with Gasteiger partial charge in [0, 0.05) is 43.1 Å². The first-order valence-corrected chi connectivity index (χ1v) is 9.43. The molecule has 4 rings (SSSR count). The first kappa shape index (κ1) is 17.6. The topological polar surface area (TPSA) is 65.6 Å². The number of H-pyrrole nitrogens is 1. The highest BCUT2D eigenvalue weighted by atomic mass is 16.5. The van der Waals surface area contributed by atoms with Gasteiger partial charge in [0.2, 0.25) is 0 Å². The van der Waals surface area contributed by atoms with Crippen LogP contribution in [0, 0.1) is 19.3 Å². The highest BCUT2D eigenvalue weighted by molar-refractivity contribution is 6.06. The number of hydrogen-bond acceptors (Lipinski definition) is 3. The summed E-state index contributed by atoms with van der Waals surface area (Å²) in [5.41, 5.74) is 3.46. The molecule has 1 saturated heterocycles. The number of rotatable bonds is 2. The molecule has 0 radical (unpaired) electrons. The molecular formula is C21H28N2O3. The van der Waals surface area contributed by atoms with E-state index in [2.05, 4.69) is 24.9 Å². The monoisotopic (exact) mass is 356 g/mol. The van der Waals surface area contributed by atoms with E-state index < -0.39 is 0 Å². The van der Waals surface area contributed by atoms with Crippen molar-refractivity contribution in [2.45, 2.75) is 51.7 Å². The molecule has 1 amide bonds. The zero-order valence-electron chi connectivity index (χ0n) is 16.1. The Balaban J connectivity index is 1.58. The van der Waals surface area contributed by atoms with Crippen molar-refractivity contribution < 1.29 is 14.6 Å². The summed E-state index contributed by atoms with van der Waals surface area (Å²) in [5.74, 6) is 0.0691. The van der Waals surface area contributed by atoms with Crippen molar-refractivity contribution in [1.29, 1.82) is 0 Å². The maximum absolute atomic E-state index is 13.2. The normalized spacial score (nSPS) is 27.7. The third-order valence-electron chi connectivity index (χ3n) is 7.24. The van der Waals surface area contributed by atoms with Crippen LogP contribution in [0.1, 0.15) is 47.8 Å². The number of benzene rings is 1. The van der Waals surface area contributed by atoms with Gasteiger partial charge in [-0.05, 0) is 45.2 Å². The van der Waals surface area contributed by atoms with Gasteiger partial charge in [0.15, 0.2) is 0 Å². The number of para-hydroxylation sites is 1. The molecule has 1 spiro atoms. The standard InChI is InChI=1S/C21H28N2O3/c1-13-14(2)22-18-15(13)6-5-7-16(18)19(25)23-10-8-21(9-11-23)17(24)12-20(21,3)26-4/h5-7,17,22,24H,8-12H2,1-4H3. The van der Waals surface area contributed by atoms with Gasteiger partial charge >= 0.3 is 0 Å². The number of aromatic nitrogens is 1. The van der Waals surface area contributed by atoms with E-state index in [4.69, 9.17) is 4.74 Å². The second-order valence-corrected chi connectivity index (χ2v) is 8.21. The molecule has 2 aromatic rings. The molecule has 2 atom stereocenters. The van der Waals surface area contributed by atoms with Crippen LogP contribution in [0.4, 0.5) is 0 Å². The minimum Gasteiger partial charge on any atom is -0.392 e. The summed E-state index contributed by atoms with van der Waals surface area (Å²) in [4.78, 5) is 18.5. The molecule has 2 aliphatic rings. The lowest BCUT2D eigenvalue weighted by molar-refractivity contribution is -0.259. The zero-order valence-corrected chi connectivity index (χ0v) is 16.1. The number of aliphatic hydroxyl groups excluding tert-OH is 1. The number of carbonyl (C=O) groups is 1. The number of fused-ring (bicyclic) bond motifs is 1. The van der Waals surface area contributed by atoms with E-state index in [-0.39, 0.29) is 23.0 Å². The number of nitrogens with one attached hydrogen (secondary N) is 1. The van der Waals surface area contributed by atoms with Gasteiger partial charge in [-0.25, -0.2) is 0 Å². The molecule has 5 heteroatoms. The van der Waals surface area contributed by atoms with Crippen LogP contribution in [0.15, 0.2) is 18.2 Å². The average molecular weight is 356 g/mol. The summed E-state index contributed by atoms with van der Waals surface area (Å²) < 4.78 is 5.72. The predicted molar refractivity (Wildman–Crippen MR) is 101 cm³/mol. The third-order valence-corrected chi connectivity index (χ3v) is 7.24. The van der Waals surface area contributed by atoms with E-state index in [0.29, 0.717) is 19.5 Å². The first-order valence-electron chi connectivity index (χ1n) is 9.43. The van der Waals surface area contributed by atoms with E-state index in [1.807, 2.05) is 24.0 Å². The average Bonchev–Trinajstić information content (AvgIpc) is 2.95. The van der Waals surface area contributed by atoms with Gasteiger partial charge in [0.1, 0.15) is 0 Å². The lowest BCUT2D eigenvalue weighted by atomic mass is 9.51. The van der Waals surface area contributed by atoms with E-state index >= 15 is 0 Å². The fraction of sp³-hybridized carbons (Fsp3) is 0.571. The number of ether oxygens (including phenoxy) is 1. The van der Waals surface area contributed by atoms with Crippen molar-refractivity contribution in [2.75, 3.05) is 20.2 Å². The molecule has 1 aromatic heterocycles. The van der Waals surface area contributed by atoms with Crippen LogP contribution in [0.25, 0.3) is 10.9 Å². The molecule has 1 aromatic carbocycles. The van der Waals surface area contributed by atoms with Crippen molar-refractivity contribution in [3.8, 4) is 0 Å². The molecule has 2 unspecified atom stereocenters. The van der Waals surface area contributed by atoms with Gasteiger partial charge < -0.3 is 19.7 Å². The van der Waals surface area contributed by atoms with E-state index in [1.54, 1.807) is 7.11 Å². The molecule has 0 bridgehead atoms. The minimum absolute atomic E-state index is 0.0691. The van der Waals surface area contributed by atoms with Gasteiger partial charge in [-0.15, -0.1) is 0 Å². The Labute approximate surface area is 154 Å². The third kappa shape index (κ3) is 2.20. The van der Waals surface area contributed by atoms with Crippen LogP contribution in [0.2, 0.25) is 0 Å². The van der Waals surface area contributed by atoms with E-state index in [1.165, 1.54) is 5.56 Å². The largest absolute Gasteiger partial charge is 0.392 e. The Kier molecular flexibility index (Phi) is 3.93. The van der Waals surface area contributed by atoms with E-state index in [9.17, 15) is 9.90 Å². The molecule has 2 heterocycles. The Morgan fingerprint density at radius 1 is 1.31 bits per heavy atom. The maximum atomic E-state index is 13.2. The van der Waals surface area contributed by atoms with Crippen LogP contribution in [0.5, 0.6) is 0 Å². The summed E-state index contributed by atoms with van der Waals surface area (Å²) in [5, 5.41) is 11.5. The Morgan fingerprint density at radius 3 is 2.62 bits per heavy atom. The predicted octanol–water partition coefficient (Wildman–Crippen LogP) is 3.18. The number of aliphatic hydroxyl groups is 1. The molecule has 1 aliphatic heterocycles. The summed E-state index contributed by atoms with van der Waals surface area (Å²) in [6, 6.07) is 5.92. The summed E-state index contributed by atoms with van der Waals surface area (Å²) in [7, 11) is 1.72. The molecule has 1 saturated carbocycles. The van der Waals surface area contributed by atoms with Crippen LogP contribution in [-0.2, 0) is 4.74 Å². The highest BCUT2D eigenvalue weighted by Gasteiger charge is 2.63. The molecule has 2 N–H and O–H groups in total. The van der Waals surface area contributed by atoms with Gasteiger partial charge in [-0.1, -0.05) is 12.1 Å². The Bertz CT molecular complexity index is 864. The maximum Gasteiger partial charge on any atom is 0.255 e. The number of aryl methyl sites for hydroxylation is 2. The SMILES string of the molecule is COC1(C)CC(O)C12CCN(C(=O)c1cccc3c(C)c(C)[nH]c13)CC2. The van der Waals surface area contributed by atoms with Crippen LogP contribution < -0.4 is 0 Å². The minimum atomic E-state index is -0.332. The lowest BCUT2D eigenvalue weighted by Crippen LogP contribution is -2.69. The van der Waals surface area contributed by atoms with Crippen LogP contribution in [0.3, 0.4) is 0 Å². The van der Waals surface area contributed by atoms with Gasteiger partial charge in [0.05, 0.1) is 22.8 Å². The zero-order chi connectivity index (χ0) is 18.7. The van der Waals surface area contributed by atoms with Gasteiger partial charge in [-0.3, -0.25) is 4.79 Å². The number of nitrogens with zero attached hydrogens (tertiary/aromatic N) is 1. The fourth-order valence-electron chi connectivity index (χ4n) is 5.08. The summed E-state index contributed by atoms with van der Waals surface area (Å²) in [6.45, 7) is 7.52. The van der Waals surface area contributed by atoms with Crippen LogP contribution >= 0.6 is 0 Å². The highest BCUT2D eigenvalue weighted by Crippen LogP contribution is 2.58. The quantitative estimate of drug-likeness (QED) is 0.869. The van der Waals surface area contributed by atoms with Gasteiger partial charge in [0.25, 0.3) is 5.91 Å². The van der Waals surface area contributed by atoms with Crippen molar-refractivity contribution in [3.63, 3.8) is 0 Å². The summed E-state index contributed by atoms with van der Waals surface area (Å²) >= 11 is 0. The number of piperidine rings is 1. The molecule has 2 fully saturated rings. The van der Waals surface area contributed by atoms with Crippen molar-refractivity contribution >= 4 is 16.8 Å². The Morgan fingerprint density at radius 2 is 2.00 bits per heavy atom. The number of aromatic amines is 1. The number of hydrogen-bond donors (Lipinski definition) is 2. The van der Waals surface area contributed by atoms with Crippen molar-refractivity contribution in [2.24, 2.45) is 5.41 Å². The molecule has 1 aliphatic carbocycles. The first-order chi connectivity index (χ1) is 12.3. The Hall–Kier alpha value is -1.85. The molecule has 5 nitrogen and oxygen atoms in total. The second-order valence-electron chi connectivity index (χ2n) is 8.21. The van der Waals surface area contributed by atoms with Crippen molar-refractivity contribution in [3.05, 3.63) is 35.0 Å². The second kappa shape index (κ2) is 5.83. The van der Waals surface area contributed by atoms with Gasteiger partial charge in [-0.2, -0.15) is 0 Å².